The van der Waals surface area contributed by atoms with E-state index in [4.69, 9.17) is 16.3 Å². The molecule has 6 nitrogen and oxygen atoms in total. The number of esters is 1. The number of hydrogen-bond donors (Lipinski definition) is 0. The third kappa shape index (κ3) is 6.65. The molecule has 0 spiro atoms. The number of nitrogens with zero attached hydrogens (tertiary/aromatic N) is 2. The Morgan fingerprint density at radius 1 is 1.00 bits per heavy atom. The van der Waals surface area contributed by atoms with Crippen LogP contribution in [0.3, 0.4) is 0 Å². The number of fused-ring (bicyclic) bond motifs is 1. The maximum Gasteiger partial charge on any atom is 0.311 e. The van der Waals surface area contributed by atoms with Crippen LogP contribution in [0.15, 0.2) is 72.8 Å². The smallest absolute Gasteiger partial charge is 0.311 e. The molecule has 0 saturated heterocycles. The van der Waals surface area contributed by atoms with Crippen LogP contribution in [0, 0.1) is 5.41 Å². The van der Waals surface area contributed by atoms with Crippen LogP contribution >= 0.6 is 11.6 Å². The van der Waals surface area contributed by atoms with E-state index in [1.165, 1.54) is 7.11 Å². The molecule has 0 aromatic heterocycles. The number of methoxy groups -OCH3 is 1. The fourth-order valence-corrected chi connectivity index (χ4v) is 5.82. The van der Waals surface area contributed by atoms with Crippen molar-refractivity contribution in [3.8, 4) is 0 Å². The maximum atomic E-state index is 13.9. The zero-order chi connectivity index (χ0) is 29.7. The number of anilines is 2. The number of rotatable bonds is 9. The molecule has 1 aliphatic rings. The summed E-state index contributed by atoms with van der Waals surface area (Å²) in [6.07, 6.45) is 2.89. The van der Waals surface area contributed by atoms with Gasteiger partial charge in [-0.2, -0.15) is 0 Å². The van der Waals surface area contributed by atoms with Gasteiger partial charge in [0.05, 0.1) is 18.4 Å². The van der Waals surface area contributed by atoms with E-state index in [1.54, 1.807) is 17.0 Å². The van der Waals surface area contributed by atoms with Crippen LogP contribution in [-0.4, -0.2) is 37.5 Å². The highest BCUT2D eigenvalue weighted by Gasteiger charge is 2.39. The predicted octanol–water partition coefficient (Wildman–Crippen LogP) is 7.44. The maximum absolute atomic E-state index is 13.9. The minimum Gasteiger partial charge on any atom is -0.469 e. The quantitative estimate of drug-likeness (QED) is 0.249. The van der Waals surface area contributed by atoms with Gasteiger partial charge >= 0.3 is 5.97 Å². The largest absolute Gasteiger partial charge is 0.469 e. The zero-order valence-electron chi connectivity index (χ0n) is 24.5. The fraction of sp³-hybridized carbons (Fsp3) is 0.382. The van der Waals surface area contributed by atoms with Gasteiger partial charge in [-0.05, 0) is 107 Å². The van der Waals surface area contributed by atoms with Crippen molar-refractivity contribution in [2.45, 2.75) is 65.3 Å². The van der Waals surface area contributed by atoms with Gasteiger partial charge in [-0.3, -0.25) is 14.4 Å². The molecule has 2 unspecified atom stereocenters. The molecule has 7 heteroatoms. The van der Waals surface area contributed by atoms with E-state index in [-0.39, 0.29) is 29.7 Å². The average molecular weight is 575 g/mol. The van der Waals surface area contributed by atoms with Crippen molar-refractivity contribution in [1.29, 1.82) is 0 Å². The normalized spacial score (nSPS) is 16.6. The number of carbonyl (C=O) groups is 3. The van der Waals surface area contributed by atoms with E-state index in [0.29, 0.717) is 23.6 Å². The third-order valence-corrected chi connectivity index (χ3v) is 8.28. The lowest BCUT2D eigenvalue weighted by Crippen LogP contribution is -2.46. The number of amides is 2. The van der Waals surface area contributed by atoms with Crippen molar-refractivity contribution in [3.05, 3.63) is 94.5 Å². The molecule has 2 amide bonds. The summed E-state index contributed by atoms with van der Waals surface area (Å²) in [7, 11) is 1.42. The van der Waals surface area contributed by atoms with Gasteiger partial charge in [-0.25, -0.2) is 0 Å². The molecule has 1 heterocycles. The Bertz CT molecular complexity index is 1380. The van der Waals surface area contributed by atoms with Crippen LogP contribution in [0.4, 0.5) is 11.4 Å². The van der Waals surface area contributed by atoms with Gasteiger partial charge in [0.15, 0.2) is 0 Å². The van der Waals surface area contributed by atoms with Gasteiger partial charge < -0.3 is 14.5 Å². The fourth-order valence-electron chi connectivity index (χ4n) is 5.70. The topological polar surface area (TPSA) is 66.9 Å². The molecule has 1 aliphatic heterocycles. The Morgan fingerprint density at radius 3 is 2.29 bits per heavy atom. The van der Waals surface area contributed by atoms with Gasteiger partial charge in [0.2, 0.25) is 5.91 Å². The van der Waals surface area contributed by atoms with Gasteiger partial charge in [0.25, 0.3) is 5.91 Å². The average Bonchev–Trinajstić information content (AvgIpc) is 2.97. The molecule has 0 N–H and O–H groups in total. The second-order valence-electron chi connectivity index (χ2n) is 11.4. The predicted molar refractivity (Wildman–Crippen MR) is 165 cm³/mol. The molecule has 4 rings (SSSR count). The SMILES string of the molecule is CCN(C(=O)C1CC(C)N(C(=O)c2ccc(CCCC(C)(C)C(=O)OC)cc2)c2ccccc21)c1ccc(Cl)cc1. The molecule has 0 bridgehead atoms. The first kappa shape index (κ1) is 30.3. The van der Waals surface area contributed by atoms with E-state index in [1.807, 2.05) is 93.3 Å². The molecule has 41 heavy (non-hydrogen) atoms. The summed E-state index contributed by atoms with van der Waals surface area (Å²) < 4.78 is 4.91. The summed E-state index contributed by atoms with van der Waals surface area (Å²) in [5.74, 6) is -0.636. The lowest BCUT2D eigenvalue weighted by atomic mass is 9.84. The molecule has 0 aliphatic carbocycles. The van der Waals surface area contributed by atoms with Crippen molar-refractivity contribution >= 4 is 40.8 Å². The van der Waals surface area contributed by atoms with Gasteiger partial charge in [0, 0.05) is 34.5 Å². The van der Waals surface area contributed by atoms with Crippen LogP contribution in [0.2, 0.25) is 5.02 Å². The minimum atomic E-state index is -0.523. The molecule has 3 aromatic carbocycles. The Morgan fingerprint density at radius 2 is 1.66 bits per heavy atom. The monoisotopic (exact) mass is 574 g/mol. The van der Waals surface area contributed by atoms with E-state index in [0.717, 1.165) is 41.8 Å². The van der Waals surface area contributed by atoms with E-state index in [2.05, 4.69) is 0 Å². The second kappa shape index (κ2) is 12.9. The van der Waals surface area contributed by atoms with Crippen molar-refractivity contribution < 1.29 is 19.1 Å². The van der Waals surface area contributed by atoms with Crippen molar-refractivity contribution in [3.63, 3.8) is 0 Å². The third-order valence-electron chi connectivity index (χ3n) is 8.03. The highest BCUT2D eigenvalue weighted by molar-refractivity contribution is 6.30. The number of benzene rings is 3. The Balaban J connectivity index is 1.51. The van der Waals surface area contributed by atoms with Gasteiger partial charge in [-0.15, -0.1) is 0 Å². The number of ether oxygens (including phenoxy) is 1. The summed E-state index contributed by atoms with van der Waals surface area (Å²) in [4.78, 5) is 43.3. The molecular weight excluding hydrogens is 536 g/mol. The van der Waals surface area contributed by atoms with Crippen molar-refractivity contribution in [1.82, 2.24) is 0 Å². The van der Waals surface area contributed by atoms with Crippen molar-refractivity contribution in [2.24, 2.45) is 5.41 Å². The highest BCUT2D eigenvalue weighted by Crippen LogP contribution is 2.41. The molecular formula is C34H39ClN2O4. The van der Waals surface area contributed by atoms with Crippen LogP contribution in [0.1, 0.15) is 74.4 Å². The van der Waals surface area contributed by atoms with Crippen LogP contribution in [0.5, 0.6) is 0 Å². The number of halogens is 1. The first-order chi connectivity index (χ1) is 19.6. The van der Waals surface area contributed by atoms with Crippen LogP contribution in [-0.2, 0) is 20.7 Å². The Labute approximate surface area is 248 Å². The standard InChI is InChI=1S/C34H39ClN2O4/c1-6-36(27-19-17-26(35)18-20-27)32(39)29-22-23(2)37(30-12-8-7-11-28(29)30)31(38)25-15-13-24(14-16-25)10-9-21-34(3,4)33(40)41-5/h7-8,11-20,23,29H,6,9-10,21-22H2,1-5H3. The summed E-state index contributed by atoms with van der Waals surface area (Å²) in [6, 6.07) is 22.6. The number of carbonyl (C=O) groups excluding carboxylic acids is 3. The van der Waals surface area contributed by atoms with Crippen LogP contribution in [0.25, 0.3) is 0 Å². The molecule has 2 atom stereocenters. The molecule has 3 aromatic rings. The Hall–Kier alpha value is -3.64. The highest BCUT2D eigenvalue weighted by atomic mass is 35.5. The molecule has 0 saturated carbocycles. The lowest BCUT2D eigenvalue weighted by Gasteiger charge is -2.40. The molecule has 216 valence electrons. The zero-order valence-corrected chi connectivity index (χ0v) is 25.3. The first-order valence-electron chi connectivity index (χ1n) is 14.2. The molecule has 0 fully saturated rings. The number of para-hydroxylation sites is 1. The van der Waals surface area contributed by atoms with E-state index < -0.39 is 5.41 Å². The summed E-state index contributed by atoms with van der Waals surface area (Å²) in [5, 5.41) is 0.624. The summed E-state index contributed by atoms with van der Waals surface area (Å²) in [5.41, 5.74) is 3.63. The second-order valence-corrected chi connectivity index (χ2v) is 11.8. The summed E-state index contributed by atoms with van der Waals surface area (Å²) >= 11 is 6.08. The number of hydrogen-bond acceptors (Lipinski definition) is 4. The summed E-state index contributed by atoms with van der Waals surface area (Å²) in [6.45, 7) is 8.29. The lowest BCUT2D eigenvalue weighted by molar-refractivity contribution is -0.151. The molecule has 0 radical (unpaired) electrons. The number of likely N-dealkylation sites (N-methyl/N-ethyl adjacent to an activating group) is 1. The van der Waals surface area contributed by atoms with E-state index >= 15 is 0 Å². The Kier molecular flexibility index (Phi) is 9.54. The van der Waals surface area contributed by atoms with E-state index in [9.17, 15) is 14.4 Å². The van der Waals surface area contributed by atoms with Gasteiger partial charge in [0.1, 0.15) is 0 Å². The van der Waals surface area contributed by atoms with Crippen molar-refractivity contribution in [2.75, 3.05) is 23.5 Å². The number of aryl methyl sites for hydroxylation is 1. The minimum absolute atomic E-state index is 0.0148. The van der Waals surface area contributed by atoms with Crippen LogP contribution < -0.4 is 9.80 Å². The first-order valence-corrected chi connectivity index (χ1v) is 14.6. The van der Waals surface area contributed by atoms with Gasteiger partial charge in [-0.1, -0.05) is 41.9 Å².